The second-order valence-electron chi connectivity index (χ2n) is 10.7. The number of imidazole rings is 1. The first kappa shape index (κ1) is 27.6. The van der Waals surface area contributed by atoms with Gasteiger partial charge in [-0.25, -0.2) is 9.97 Å². The van der Waals surface area contributed by atoms with Crippen molar-refractivity contribution in [1.82, 2.24) is 19.4 Å². The third-order valence-electron chi connectivity index (χ3n) is 8.04. The number of hydrogen-bond acceptors (Lipinski definition) is 6. The minimum atomic E-state index is -0.271. The normalized spacial score (nSPS) is 20.2. The van der Waals surface area contributed by atoms with Gasteiger partial charge in [-0.2, -0.15) is 0 Å². The molecule has 1 aromatic carbocycles. The first-order valence-corrected chi connectivity index (χ1v) is 14.2. The van der Waals surface area contributed by atoms with Crippen molar-refractivity contribution in [2.45, 2.75) is 45.1 Å². The SMILES string of the molecule is CN(CCO)C(=O)[C@@H]1CCC[C@H](C(=O)Nc2cc(-c3ccc4ncn(CC5CCOCC5)c4c3)c(Cl)cn2)C1. The summed E-state index contributed by atoms with van der Waals surface area (Å²) in [5, 5.41) is 12.6. The van der Waals surface area contributed by atoms with Gasteiger partial charge in [0.25, 0.3) is 0 Å². The highest BCUT2D eigenvalue weighted by molar-refractivity contribution is 6.33. The smallest absolute Gasteiger partial charge is 0.228 e. The fourth-order valence-electron chi connectivity index (χ4n) is 5.76. The number of amides is 2. The maximum atomic E-state index is 13.2. The molecule has 0 bridgehead atoms. The molecule has 2 aliphatic rings. The van der Waals surface area contributed by atoms with E-state index in [2.05, 4.69) is 25.9 Å². The lowest BCUT2D eigenvalue weighted by atomic mass is 9.80. The summed E-state index contributed by atoms with van der Waals surface area (Å²) < 4.78 is 7.71. The number of fused-ring (bicyclic) bond motifs is 1. The molecule has 10 heteroatoms. The van der Waals surface area contributed by atoms with Crippen molar-refractivity contribution in [1.29, 1.82) is 0 Å². The molecule has 3 aromatic rings. The zero-order valence-electron chi connectivity index (χ0n) is 22.3. The third kappa shape index (κ3) is 6.42. The number of hydrogen-bond donors (Lipinski definition) is 2. The van der Waals surface area contributed by atoms with Crippen molar-refractivity contribution in [3.8, 4) is 11.1 Å². The van der Waals surface area contributed by atoms with Gasteiger partial charge in [-0.15, -0.1) is 0 Å². The standard InChI is InChI=1S/C29H36ClN5O4/c1-34(9-10-36)29(38)22-4-2-3-21(13-22)28(37)33-27-15-23(24(30)16-31-27)20-5-6-25-26(14-20)35(18-32-25)17-19-7-11-39-12-8-19/h5-6,14-16,18-19,21-22,36H,2-4,7-13,17H2,1H3,(H,31,33,37)/t21-,22+/m0/s1. The molecule has 9 nitrogen and oxygen atoms in total. The Hall–Kier alpha value is -3.01. The van der Waals surface area contributed by atoms with E-state index in [9.17, 15) is 9.59 Å². The molecule has 5 rings (SSSR count). The molecule has 0 unspecified atom stereocenters. The van der Waals surface area contributed by atoms with E-state index in [0.29, 0.717) is 29.7 Å². The molecule has 1 aliphatic carbocycles. The van der Waals surface area contributed by atoms with Gasteiger partial charge in [0.2, 0.25) is 11.8 Å². The highest BCUT2D eigenvalue weighted by atomic mass is 35.5. The average molecular weight is 554 g/mol. The first-order valence-electron chi connectivity index (χ1n) is 13.8. The Morgan fingerprint density at radius 1 is 1.15 bits per heavy atom. The number of carbonyl (C=O) groups is 2. The van der Waals surface area contributed by atoms with E-state index in [4.69, 9.17) is 21.4 Å². The maximum absolute atomic E-state index is 13.2. The minimum absolute atomic E-state index is 0.0140. The Balaban J connectivity index is 1.30. The second-order valence-corrected chi connectivity index (χ2v) is 11.1. The van der Waals surface area contributed by atoms with Crippen LogP contribution >= 0.6 is 11.6 Å². The Bertz CT molecular complexity index is 1320. The third-order valence-corrected chi connectivity index (χ3v) is 8.34. The van der Waals surface area contributed by atoms with E-state index in [1.165, 1.54) is 0 Å². The summed E-state index contributed by atoms with van der Waals surface area (Å²) in [7, 11) is 1.69. The molecule has 39 heavy (non-hydrogen) atoms. The van der Waals surface area contributed by atoms with Crippen LogP contribution in [0.5, 0.6) is 0 Å². The largest absolute Gasteiger partial charge is 0.395 e. The van der Waals surface area contributed by atoms with Crippen LogP contribution < -0.4 is 5.32 Å². The van der Waals surface area contributed by atoms with Crippen LogP contribution in [0.2, 0.25) is 5.02 Å². The van der Waals surface area contributed by atoms with E-state index >= 15 is 0 Å². The van der Waals surface area contributed by atoms with Crippen LogP contribution in [0.15, 0.2) is 36.8 Å². The van der Waals surface area contributed by atoms with Gasteiger partial charge in [-0.1, -0.05) is 24.1 Å². The van der Waals surface area contributed by atoms with E-state index in [1.807, 2.05) is 18.5 Å². The highest BCUT2D eigenvalue weighted by Crippen LogP contribution is 2.34. The van der Waals surface area contributed by atoms with Gasteiger partial charge in [0.05, 0.1) is 29.0 Å². The predicted molar refractivity (Wildman–Crippen MR) is 150 cm³/mol. The van der Waals surface area contributed by atoms with E-state index in [1.54, 1.807) is 24.2 Å². The monoisotopic (exact) mass is 553 g/mol. The molecule has 2 fully saturated rings. The summed E-state index contributed by atoms with van der Waals surface area (Å²) in [5.74, 6) is 0.365. The number of nitrogens with one attached hydrogen (secondary N) is 1. The number of anilines is 1. The van der Waals surface area contributed by atoms with E-state index in [-0.39, 0.29) is 30.3 Å². The van der Waals surface area contributed by atoms with Crippen molar-refractivity contribution in [3.63, 3.8) is 0 Å². The van der Waals surface area contributed by atoms with Crippen LogP contribution in [0.4, 0.5) is 5.82 Å². The van der Waals surface area contributed by atoms with Crippen LogP contribution in [-0.4, -0.2) is 69.8 Å². The number of aliphatic hydroxyl groups is 1. The molecule has 0 radical (unpaired) electrons. The number of halogens is 1. The summed E-state index contributed by atoms with van der Waals surface area (Å²) in [6.45, 7) is 2.74. The van der Waals surface area contributed by atoms with Crippen LogP contribution in [0.25, 0.3) is 22.2 Å². The Morgan fingerprint density at radius 3 is 2.74 bits per heavy atom. The molecular weight excluding hydrogens is 518 g/mol. The van der Waals surface area contributed by atoms with Gasteiger partial charge in [0.1, 0.15) is 5.82 Å². The molecule has 0 spiro atoms. The molecule has 2 atom stereocenters. The first-order chi connectivity index (χ1) is 18.9. The molecule has 2 aromatic heterocycles. The van der Waals surface area contributed by atoms with Gasteiger partial charge in [-0.3, -0.25) is 9.59 Å². The Labute approximate surface area is 233 Å². The predicted octanol–water partition coefficient (Wildman–Crippen LogP) is 4.37. The zero-order valence-corrected chi connectivity index (χ0v) is 23.1. The van der Waals surface area contributed by atoms with Crippen LogP contribution in [-0.2, 0) is 20.9 Å². The number of pyridine rings is 1. The van der Waals surface area contributed by atoms with Crippen molar-refractivity contribution in [2.75, 3.05) is 38.7 Å². The minimum Gasteiger partial charge on any atom is -0.395 e. The topological polar surface area (TPSA) is 110 Å². The van der Waals surface area contributed by atoms with E-state index in [0.717, 1.165) is 74.0 Å². The number of rotatable bonds is 8. The van der Waals surface area contributed by atoms with Gasteiger partial charge >= 0.3 is 0 Å². The molecule has 2 N–H and O–H groups in total. The summed E-state index contributed by atoms with van der Waals surface area (Å²) in [5.41, 5.74) is 3.68. The maximum Gasteiger partial charge on any atom is 0.228 e. The number of aromatic nitrogens is 3. The van der Waals surface area contributed by atoms with E-state index < -0.39 is 0 Å². The zero-order chi connectivity index (χ0) is 27.4. The quantitative estimate of drug-likeness (QED) is 0.428. The number of aliphatic hydroxyl groups excluding tert-OH is 1. The number of ether oxygens (including phenoxy) is 1. The fraction of sp³-hybridized carbons (Fsp3) is 0.517. The molecule has 2 amide bonds. The highest BCUT2D eigenvalue weighted by Gasteiger charge is 2.32. The van der Waals surface area contributed by atoms with Gasteiger partial charge < -0.3 is 24.6 Å². The molecule has 1 saturated heterocycles. The van der Waals surface area contributed by atoms with Crippen molar-refractivity contribution < 1.29 is 19.4 Å². The van der Waals surface area contributed by atoms with Crippen molar-refractivity contribution >= 4 is 40.3 Å². The molecule has 3 heterocycles. The number of nitrogens with zero attached hydrogens (tertiary/aromatic N) is 4. The Morgan fingerprint density at radius 2 is 1.95 bits per heavy atom. The van der Waals surface area contributed by atoms with Gasteiger partial charge in [0.15, 0.2) is 0 Å². The molecule has 208 valence electrons. The van der Waals surface area contributed by atoms with Crippen molar-refractivity contribution in [3.05, 3.63) is 41.8 Å². The van der Waals surface area contributed by atoms with Crippen LogP contribution in [0, 0.1) is 17.8 Å². The number of carbonyl (C=O) groups excluding carboxylic acids is 2. The summed E-state index contributed by atoms with van der Waals surface area (Å²) >= 11 is 6.57. The average Bonchev–Trinajstić information content (AvgIpc) is 3.36. The fourth-order valence-corrected chi connectivity index (χ4v) is 5.97. The van der Waals surface area contributed by atoms with Crippen LogP contribution in [0.1, 0.15) is 38.5 Å². The molecule has 1 aliphatic heterocycles. The van der Waals surface area contributed by atoms with Gasteiger partial charge in [0, 0.05) is 56.9 Å². The Kier molecular flexibility index (Phi) is 8.79. The van der Waals surface area contributed by atoms with Crippen molar-refractivity contribution in [2.24, 2.45) is 17.8 Å². The number of benzene rings is 1. The summed E-state index contributed by atoms with van der Waals surface area (Å²) in [4.78, 5) is 36.4. The van der Waals surface area contributed by atoms with Gasteiger partial charge in [-0.05, 0) is 61.8 Å². The second kappa shape index (κ2) is 12.4. The summed E-state index contributed by atoms with van der Waals surface area (Å²) in [6.07, 6.45) is 8.35. The lowest BCUT2D eigenvalue weighted by Gasteiger charge is -2.30. The molecule has 1 saturated carbocycles. The van der Waals surface area contributed by atoms with Crippen LogP contribution in [0.3, 0.4) is 0 Å². The lowest BCUT2D eigenvalue weighted by molar-refractivity contribution is -0.137. The lowest BCUT2D eigenvalue weighted by Crippen LogP contribution is -2.39. The molecular formula is C29H36ClN5O4. The number of likely N-dealkylation sites (N-methyl/N-ethyl adjacent to an activating group) is 1. The summed E-state index contributed by atoms with van der Waals surface area (Å²) in [6, 6.07) is 7.88.